The average Bonchev–Trinajstić information content (AvgIpc) is 3.41. The SMILES string of the molecule is CN1CCN(c2ccc(CC(NC(=O)C3C4CCC(C4)N3C(=O)OC(C)(C)C)C(N)=O)c(F)c2)CC1. The number of rotatable bonds is 6. The van der Waals surface area contributed by atoms with Crippen LogP contribution in [0, 0.1) is 11.7 Å². The predicted molar refractivity (Wildman–Crippen MR) is 134 cm³/mol. The Hall–Kier alpha value is -2.88. The molecule has 0 radical (unpaired) electrons. The second kappa shape index (κ2) is 10.2. The number of piperazine rings is 1. The number of carbonyl (C=O) groups is 3. The first-order valence-electron chi connectivity index (χ1n) is 12.8. The van der Waals surface area contributed by atoms with E-state index in [-0.39, 0.29) is 18.4 Å². The van der Waals surface area contributed by atoms with Gasteiger partial charge in [0.2, 0.25) is 11.8 Å². The molecule has 9 nitrogen and oxygen atoms in total. The number of halogens is 1. The molecule has 4 atom stereocenters. The van der Waals surface area contributed by atoms with Gasteiger partial charge >= 0.3 is 6.09 Å². The number of primary amides is 1. The van der Waals surface area contributed by atoms with Gasteiger partial charge in [-0.2, -0.15) is 0 Å². The summed E-state index contributed by atoms with van der Waals surface area (Å²) in [5, 5.41) is 2.70. The molecule has 2 aliphatic heterocycles. The molecule has 1 aliphatic carbocycles. The maximum absolute atomic E-state index is 15.0. The second-order valence-corrected chi connectivity index (χ2v) is 11.3. The highest BCUT2D eigenvalue weighted by Gasteiger charge is 2.52. The summed E-state index contributed by atoms with van der Waals surface area (Å²) in [4.78, 5) is 44.3. The predicted octanol–water partition coefficient (Wildman–Crippen LogP) is 1.88. The highest BCUT2D eigenvalue weighted by Crippen LogP contribution is 2.43. The van der Waals surface area contributed by atoms with E-state index in [0.717, 1.165) is 51.1 Å². The molecule has 10 heteroatoms. The van der Waals surface area contributed by atoms with Crippen molar-refractivity contribution in [1.29, 1.82) is 0 Å². The fourth-order valence-corrected chi connectivity index (χ4v) is 5.57. The molecule has 2 saturated heterocycles. The van der Waals surface area contributed by atoms with Crippen LogP contribution in [-0.2, 0) is 20.7 Å². The van der Waals surface area contributed by atoms with E-state index >= 15 is 4.39 Å². The molecule has 36 heavy (non-hydrogen) atoms. The maximum atomic E-state index is 15.0. The number of fused-ring (bicyclic) bond motifs is 2. The molecule has 3 N–H and O–H groups in total. The zero-order chi connectivity index (χ0) is 26.2. The maximum Gasteiger partial charge on any atom is 0.411 e. The number of amides is 3. The van der Waals surface area contributed by atoms with Crippen molar-refractivity contribution < 1.29 is 23.5 Å². The Kier molecular flexibility index (Phi) is 7.45. The molecule has 3 amide bonds. The zero-order valence-corrected chi connectivity index (χ0v) is 21.6. The van der Waals surface area contributed by atoms with E-state index in [1.807, 2.05) is 6.07 Å². The van der Waals surface area contributed by atoms with E-state index in [1.165, 1.54) is 11.0 Å². The minimum absolute atomic E-state index is 0.00403. The minimum Gasteiger partial charge on any atom is -0.444 e. The van der Waals surface area contributed by atoms with Crippen molar-refractivity contribution in [2.75, 3.05) is 38.1 Å². The van der Waals surface area contributed by atoms with Gasteiger partial charge in [-0.25, -0.2) is 9.18 Å². The lowest BCUT2D eigenvalue weighted by molar-refractivity contribution is -0.132. The second-order valence-electron chi connectivity index (χ2n) is 11.3. The van der Waals surface area contributed by atoms with Crippen LogP contribution >= 0.6 is 0 Å². The Bertz CT molecular complexity index is 1000. The van der Waals surface area contributed by atoms with Gasteiger partial charge in [0.05, 0.1) is 0 Å². The Labute approximate surface area is 212 Å². The summed E-state index contributed by atoms with van der Waals surface area (Å²) in [6, 6.07) is 3.07. The summed E-state index contributed by atoms with van der Waals surface area (Å²) < 4.78 is 20.6. The molecule has 1 saturated carbocycles. The molecule has 198 valence electrons. The molecule has 0 aromatic heterocycles. The highest BCUT2D eigenvalue weighted by atomic mass is 19.1. The van der Waals surface area contributed by atoms with E-state index in [9.17, 15) is 14.4 Å². The Morgan fingerprint density at radius 2 is 1.86 bits per heavy atom. The van der Waals surface area contributed by atoms with Crippen molar-refractivity contribution in [1.82, 2.24) is 15.1 Å². The third-order valence-corrected chi connectivity index (χ3v) is 7.45. The highest BCUT2D eigenvalue weighted by molar-refractivity contribution is 5.91. The van der Waals surface area contributed by atoms with Crippen LogP contribution in [0.15, 0.2) is 18.2 Å². The lowest BCUT2D eigenvalue weighted by Crippen LogP contribution is -2.57. The van der Waals surface area contributed by atoms with Crippen LogP contribution in [0.4, 0.5) is 14.9 Å². The number of nitrogens with one attached hydrogen (secondary N) is 1. The van der Waals surface area contributed by atoms with Crippen LogP contribution < -0.4 is 16.0 Å². The van der Waals surface area contributed by atoms with Crippen molar-refractivity contribution in [2.45, 2.75) is 70.2 Å². The van der Waals surface area contributed by atoms with Crippen molar-refractivity contribution in [3.63, 3.8) is 0 Å². The van der Waals surface area contributed by atoms with Gasteiger partial charge in [-0.3, -0.25) is 14.5 Å². The number of anilines is 1. The van der Waals surface area contributed by atoms with E-state index < -0.39 is 41.4 Å². The average molecular weight is 504 g/mol. The fraction of sp³-hybridized carbons (Fsp3) is 0.654. The van der Waals surface area contributed by atoms with Crippen LogP contribution in [0.3, 0.4) is 0 Å². The van der Waals surface area contributed by atoms with E-state index in [2.05, 4.69) is 22.2 Å². The van der Waals surface area contributed by atoms with Crippen molar-refractivity contribution in [3.05, 3.63) is 29.6 Å². The van der Waals surface area contributed by atoms with Crippen LogP contribution in [0.25, 0.3) is 0 Å². The van der Waals surface area contributed by atoms with Crippen LogP contribution in [-0.4, -0.2) is 84.7 Å². The van der Waals surface area contributed by atoms with Gasteiger partial charge in [0, 0.05) is 44.3 Å². The molecule has 2 bridgehead atoms. The monoisotopic (exact) mass is 503 g/mol. The summed E-state index contributed by atoms with van der Waals surface area (Å²) in [6.07, 6.45) is 1.77. The van der Waals surface area contributed by atoms with Crippen molar-refractivity contribution in [2.24, 2.45) is 11.7 Å². The van der Waals surface area contributed by atoms with Gasteiger partial charge in [-0.15, -0.1) is 0 Å². The molecule has 4 unspecified atom stereocenters. The van der Waals surface area contributed by atoms with E-state index in [0.29, 0.717) is 5.56 Å². The van der Waals surface area contributed by atoms with E-state index in [1.54, 1.807) is 26.8 Å². The smallest absolute Gasteiger partial charge is 0.411 e. The Morgan fingerprint density at radius 3 is 2.47 bits per heavy atom. The zero-order valence-electron chi connectivity index (χ0n) is 21.6. The van der Waals surface area contributed by atoms with Gasteiger partial charge in [0.25, 0.3) is 0 Å². The standard InChI is InChI=1S/C26H38FN5O4/c1-26(2,3)36-25(35)32-19-8-6-17(13-19)22(32)24(34)29-21(23(28)33)14-16-5-7-18(15-20(16)27)31-11-9-30(4)10-12-31/h5,7,15,17,19,21-22H,6,8-14H2,1-4H3,(H2,28,33)(H,29,34). The molecule has 3 aliphatic rings. The third kappa shape index (κ3) is 5.74. The first kappa shape index (κ1) is 26.2. The summed E-state index contributed by atoms with van der Waals surface area (Å²) in [5.74, 6) is -1.65. The van der Waals surface area contributed by atoms with Crippen LogP contribution in [0.1, 0.15) is 45.6 Å². The number of hydrogen-bond acceptors (Lipinski definition) is 6. The van der Waals surface area contributed by atoms with Gasteiger partial charge in [-0.1, -0.05) is 6.07 Å². The van der Waals surface area contributed by atoms with E-state index in [4.69, 9.17) is 10.5 Å². The lowest BCUT2D eigenvalue weighted by Gasteiger charge is -2.36. The molecule has 4 rings (SSSR count). The summed E-state index contributed by atoms with van der Waals surface area (Å²) in [7, 11) is 2.06. The number of nitrogens with zero attached hydrogens (tertiary/aromatic N) is 3. The number of ether oxygens (including phenoxy) is 1. The largest absolute Gasteiger partial charge is 0.444 e. The topological polar surface area (TPSA) is 108 Å². The molecule has 2 heterocycles. The summed E-state index contributed by atoms with van der Waals surface area (Å²) in [6.45, 7) is 8.77. The molecule has 1 aromatic rings. The molecule has 1 aromatic carbocycles. The van der Waals surface area contributed by atoms with Crippen molar-refractivity contribution in [3.8, 4) is 0 Å². The summed E-state index contributed by atoms with van der Waals surface area (Å²) >= 11 is 0. The van der Waals surface area contributed by atoms with Gasteiger partial charge < -0.3 is 25.6 Å². The van der Waals surface area contributed by atoms with Gasteiger partial charge in [-0.05, 0) is 70.7 Å². The first-order valence-corrected chi connectivity index (χ1v) is 12.8. The summed E-state index contributed by atoms with van der Waals surface area (Å²) in [5.41, 5.74) is 6.00. The minimum atomic E-state index is -1.10. The van der Waals surface area contributed by atoms with Crippen molar-refractivity contribution >= 4 is 23.6 Å². The van der Waals surface area contributed by atoms with Crippen LogP contribution in [0.5, 0.6) is 0 Å². The third-order valence-electron chi connectivity index (χ3n) is 7.45. The normalized spacial score (nSPS) is 25.1. The molecular formula is C26H38FN5O4. The Morgan fingerprint density at radius 1 is 1.17 bits per heavy atom. The molecule has 3 fully saturated rings. The van der Waals surface area contributed by atoms with Crippen LogP contribution in [0.2, 0.25) is 0 Å². The molecular weight excluding hydrogens is 465 g/mol. The van der Waals surface area contributed by atoms with Gasteiger partial charge in [0.1, 0.15) is 23.5 Å². The number of likely N-dealkylation sites (N-methyl/N-ethyl adjacent to an activating group) is 1. The number of nitrogens with two attached hydrogens (primary N) is 1. The fourth-order valence-electron chi connectivity index (χ4n) is 5.57. The number of carbonyl (C=O) groups excluding carboxylic acids is 3. The van der Waals surface area contributed by atoms with Gasteiger partial charge in [0.15, 0.2) is 0 Å². The molecule has 0 spiro atoms. The first-order chi connectivity index (χ1) is 16.9. The lowest BCUT2D eigenvalue weighted by atomic mass is 9.97. The number of piperidine rings is 1. The number of benzene rings is 1. The quantitative estimate of drug-likeness (QED) is 0.614. The Balaban J connectivity index is 1.45. The number of likely N-dealkylation sites (tertiary alicyclic amines) is 1. The number of hydrogen-bond donors (Lipinski definition) is 2.